The fourth-order valence-corrected chi connectivity index (χ4v) is 2.56. The number of rotatable bonds is 7. The summed E-state index contributed by atoms with van der Waals surface area (Å²) in [6, 6.07) is 14.3. The molecule has 0 fully saturated rings. The molecule has 0 saturated carbocycles. The first-order valence-corrected chi connectivity index (χ1v) is 8.36. The van der Waals surface area contributed by atoms with E-state index in [1.807, 2.05) is 31.2 Å². The van der Waals surface area contributed by atoms with E-state index in [2.05, 4.69) is 5.32 Å². The number of hydrogen-bond acceptors (Lipinski definition) is 3. The lowest BCUT2D eigenvalue weighted by Crippen LogP contribution is -2.39. The minimum atomic E-state index is -0.362. The predicted octanol–water partition coefficient (Wildman–Crippen LogP) is 3.13. The summed E-state index contributed by atoms with van der Waals surface area (Å²) in [7, 11) is 1.61. The average molecular weight is 361 g/mol. The van der Waals surface area contributed by atoms with Gasteiger partial charge in [0.15, 0.2) is 0 Å². The van der Waals surface area contributed by atoms with E-state index in [4.69, 9.17) is 16.3 Å². The highest BCUT2D eigenvalue weighted by Crippen LogP contribution is 2.15. The Hall–Kier alpha value is -2.53. The largest absolute Gasteiger partial charge is 0.497 e. The summed E-state index contributed by atoms with van der Waals surface area (Å²) in [4.78, 5) is 26.2. The lowest BCUT2D eigenvalue weighted by molar-refractivity contribution is -0.130. The van der Waals surface area contributed by atoms with Crippen LogP contribution in [0.1, 0.15) is 22.8 Å². The van der Waals surface area contributed by atoms with Crippen molar-refractivity contribution in [2.75, 3.05) is 20.2 Å². The summed E-state index contributed by atoms with van der Waals surface area (Å²) >= 11 is 5.99. The molecule has 0 aliphatic heterocycles. The van der Waals surface area contributed by atoms with Crippen molar-refractivity contribution >= 4 is 23.4 Å². The quantitative estimate of drug-likeness (QED) is 0.825. The summed E-state index contributed by atoms with van der Waals surface area (Å²) in [5, 5.41) is 2.98. The molecule has 2 aromatic rings. The topological polar surface area (TPSA) is 58.6 Å². The van der Waals surface area contributed by atoms with Gasteiger partial charge in [-0.15, -0.1) is 0 Å². The van der Waals surface area contributed by atoms with Gasteiger partial charge in [-0.3, -0.25) is 9.59 Å². The molecule has 0 aliphatic rings. The van der Waals surface area contributed by atoms with Crippen molar-refractivity contribution in [3.8, 4) is 5.75 Å². The Balaban J connectivity index is 1.93. The summed E-state index contributed by atoms with van der Waals surface area (Å²) in [5.74, 6) is 0.253. The maximum atomic E-state index is 12.4. The number of methoxy groups -OCH3 is 1. The highest BCUT2D eigenvalue weighted by Gasteiger charge is 2.15. The number of carbonyl (C=O) groups excluding carboxylic acids is 2. The van der Waals surface area contributed by atoms with Gasteiger partial charge in [-0.1, -0.05) is 35.9 Å². The molecule has 1 N–H and O–H groups in total. The second-order valence-electron chi connectivity index (χ2n) is 5.42. The standard InChI is InChI=1S/C19H21ClN2O3/c1-3-22(13-14-8-10-15(25-2)11-9-14)18(23)12-21-19(24)16-6-4-5-7-17(16)20/h4-11H,3,12-13H2,1-2H3,(H,21,24). The van der Waals surface area contributed by atoms with E-state index >= 15 is 0 Å². The normalized spacial score (nSPS) is 10.2. The number of nitrogens with zero attached hydrogens (tertiary/aromatic N) is 1. The second kappa shape index (κ2) is 9.08. The molecule has 2 rings (SSSR count). The maximum Gasteiger partial charge on any atom is 0.253 e. The summed E-state index contributed by atoms with van der Waals surface area (Å²) in [6.45, 7) is 2.85. The van der Waals surface area contributed by atoms with Crippen LogP contribution < -0.4 is 10.1 Å². The van der Waals surface area contributed by atoms with Crippen molar-refractivity contribution in [3.63, 3.8) is 0 Å². The van der Waals surface area contributed by atoms with Crippen molar-refractivity contribution in [1.82, 2.24) is 10.2 Å². The Morgan fingerprint density at radius 1 is 1.12 bits per heavy atom. The van der Waals surface area contributed by atoms with Gasteiger partial charge in [0.2, 0.25) is 5.91 Å². The molecule has 0 spiro atoms. The van der Waals surface area contributed by atoms with Crippen molar-refractivity contribution in [1.29, 1.82) is 0 Å². The number of ether oxygens (including phenoxy) is 1. The van der Waals surface area contributed by atoms with Crippen molar-refractivity contribution < 1.29 is 14.3 Å². The van der Waals surface area contributed by atoms with Gasteiger partial charge in [-0.25, -0.2) is 0 Å². The number of halogens is 1. The van der Waals surface area contributed by atoms with Gasteiger partial charge in [0, 0.05) is 13.1 Å². The SMILES string of the molecule is CCN(Cc1ccc(OC)cc1)C(=O)CNC(=O)c1ccccc1Cl. The zero-order chi connectivity index (χ0) is 18.2. The average Bonchev–Trinajstić information content (AvgIpc) is 2.64. The number of nitrogens with one attached hydrogen (secondary N) is 1. The predicted molar refractivity (Wildman–Crippen MR) is 97.9 cm³/mol. The van der Waals surface area contributed by atoms with Gasteiger partial charge < -0.3 is 15.0 Å². The third-order valence-corrected chi connectivity index (χ3v) is 4.12. The van der Waals surface area contributed by atoms with E-state index < -0.39 is 0 Å². The second-order valence-corrected chi connectivity index (χ2v) is 5.83. The van der Waals surface area contributed by atoms with Crippen LogP contribution in [-0.2, 0) is 11.3 Å². The smallest absolute Gasteiger partial charge is 0.253 e. The van der Waals surface area contributed by atoms with Crippen LogP contribution in [0.15, 0.2) is 48.5 Å². The molecular formula is C19H21ClN2O3. The van der Waals surface area contributed by atoms with Crippen LogP contribution in [0.5, 0.6) is 5.75 Å². The van der Waals surface area contributed by atoms with E-state index in [-0.39, 0.29) is 18.4 Å². The van der Waals surface area contributed by atoms with E-state index in [9.17, 15) is 9.59 Å². The molecule has 0 unspecified atom stereocenters. The molecular weight excluding hydrogens is 340 g/mol. The molecule has 0 aromatic heterocycles. The summed E-state index contributed by atoms with van der Waals surface area (Å²) in [5.41, 5.74) is 1.35. The van der Waals surface area contributed by atoms with Crippen molar-refractivity contribution in [2.45, 2.75) is 13.5 Å². The fourth-order valence-electron chi connectivity index (χ4n) is 2.34. The number of carbonyl (C=O) groups is 2. The number of likely N-dealkylation sites (N-methyl/N-ethyl adjacent to an activating group) is 1. The number of amides is 2. The van der Waals surface area contributed by atoms with Crippen LogP contribution >= 0.6 is 11.6 Å². The van der Waals surface area contributed by atoms with Crippen LogP contribution in [0.2, 0.25) is 5.02 Å². The fraction of sp³-hybridized carbons (Fsp3) is 0.263. The first-order chi connectivity index (χ1) is 12.0. The van der Waals surface area contributed by atoms with E-state index in [1.165, 1.54) is 0 Å². The molecule has 0 heterocycles. The highest BCUT2D eigenvalue weighted by molar-refractivity contribution is 6.33. The first kappa shape index (κ1) is 18.8. The molecule has 6 heteroatoms. The molecule has 2 amide bonds. The zero-order valence-corrected chi connectivity index (χ0v) is 15.0. The Labute approximate surface area is 152 Å². The van der Waals surface area contributed by atoms with E-state index in [0.717, 1.165) is 11.3 Å². The van der Waals surface area contributed by atoms with Crippen LogP contribution in [0.4, 0.5) is 0 Å². The molecule has 2 aromatic carbocycles. The number of hydrogen-bond donors (Lipinski definition) is 1. The molecule has 0 aliphatic carbocycles. The van der Waals surface area contributed by atoms with Gasteiger partial charge in [0.1, 0.15) is 5.75 Å². The van der Waals surface area contributed by atoms with Crippen molar-refractivity contribution in [2.24, 2.45) is 0 Å². The van der Waals surface area contributed by atoms with Crippen LogP contribution in [-0.4, -0.2) is 36.9 Å². The molecule has 0 atom stereocenters. The Morgan fingerprint density at radius 3 is 2.40 bits per heavy atom. The zero-order valence-electron chi connectivity index (χ0n) is 14.3. The minimum Gasteiger partial charge on any atom is -0.497 e. The molecule has 5 nitrogen and oxygen atoms in total. The molecule has 132 valence electrons. The molecule has 0 saturated heterocycles. The van der Waals surface area contributed by atoms with Crippen LogP contribution in [0.3, 0.4) is 0 Å². The van der Waals surface area contributed by atoms with Gasteiger partial charge in [-0.2, -0.15) is 0 Å². The Bertz CT molecular complexity index is 732. The van der Waals surface area contributed by atoms with Gasteiger partial charge in [0.05, 0.1) is 24.2 Å². The van der Waals surface area contributed by atoms with Gasteiger partial charge >= 0.3 is 0 Å². The van der Waals surface area contributed by atoms with Gasteiger partial charge in [0.25, 0.3) is 5.91 Å². The van der Waals surface area contributed by atoms with Gasteiger partial charge in [-0.05, 0) is 36.8 Å². The lowest BCUT2D eigenvalue weighted by Gasteiger charge is -2.21. The third kappa shape index (κ3) is 5.22. The van der Waals surface area contributed by atoms with Crippen molar-refractivity contribution in [3.05, 3.63) is 64.7 Å². The van der Waals surface area contributed by atoms with Crippen LogP contribution in [0, 0.1) is 0 Å². The first-order valence-electron chi connectivity index (χ1n) is 7.98. The molecule has 25 heavy (non-hydrogen) atoms. The Morgan fingerprint density at radius 2 is 1.80 bits per heavy atom. The Kier molecular flexibility index (Phi) is 6.83. The third-order valence-electron chi connectivity index (χ3n) is 3.79. The summed E-state index contributed by atoms with van der Waals surface area (Å²) in [6.07, 6.45) is 0. The highest BCUT2D eigenvalue weighted by atomic mass is 35.5. The molecule has 0 bridgehead atoms. The lowest BCUT2D eigenvalue weighted by atomic mass is 10.2. The number of benzene rings is 2. The van der Waals surface area contributed by atoms with E-state index in [1.54, 1.807) is 36.3 Å². The minimum absolute atomic E-state index is 0.0753. The summed E-state index contributed by atoms with van der Waals surface area (Å²) < 4.78 is 5.13. The van der Waals surface area contributed by atoms with E-state index in [0.29, 0.717) is 23.7 Å². The monoisotopic (exact) mass is 360 g/mol. The molecule has 0 radical (unpaired) electrons. The maximum absolute atomic E-state index is 12.4. The van der Waals surface area contributed by atoms with Crippen LogP contribution in [0.25, 0.3) is 0 Å².